The summed E-state index contributed by atoms with van der Waals surface area (Å²) in [4.78, 5) is 12.1. The van der Waals surface area contributed by atoms with Crippen LogP contribution < -0.4 is 5.11 Å². The summed E-state index contributed by atoms with van der Waals surface area (Å²) in [7, 11) is 0. The van der Waals surface area contributed by atoms with Crippen LogP contribution in [0.15, 0.2) is 48.5 Å². The number of aliphatic carboxylic acids is 1. The zero-order valence-electron chi connectivity index (χ0n) is 12.5. The Labute approximate surface area is 129 Å². The van der Waals surface area contributed by atoms with E-state index in [-0.39, 0.29) is 11.5 Å². The molecule has 0 bridgehead atoms. The average Bonchev–Trinajstić information content (AvgIpc) is 2.50. The largest absolute Gasteiger partial charge is 0.549 e. The van der Waals surface area contributed by atoms with Gasteiger partial charge in [-0.05, 0) is 41.8 Å². The molecule has 4 heteroatoms. The van der Waals surface area contributed by atoms with Crippen LogP contribution in [0.4, 0.5) is 0 Å². The summed E-state index contributed by atoms with van der Waals surface area (Å²) >= 11 is 0. The van der Waals surface area contributed by atoms with Gasteiger partial charge in [0.1, 0.15) is 11.5 Å². The van der Waals surface area contributed by atoms with Gasteiger partial charge in [-0.3, -0.25) is 0 Å². The third-order valence-electron chi connectivity index (χ3n) is 3.97. The van der Waals surface area contributed by atoms with Gasteiger partial charge < -0.3 is 20.1 Å². The summed E-state index contributed by atoms with van der Waals surface area (Å²) in [5, 5.41) is 31.0. The smallest absolute Gasteiger partial charge is 0.115 e. The summed E-state index contributed by atoms with van der Waals surface area (Å²) in [6, 6.07) is 12.3. The van der Waals surface area contributed by atoms with E-state index in [0.29, 0.717) is 17.5 Å². The highest BCUT2D eigenvalue weighted by Gasteiger charge is 2.35. The molecule has 4 nitrogen and oxygen atoms in total. The first kappa shape index (κ1) is 15.9. The summed E-state index contributed by atoms with van der Waals surface area (Å²) in [5.41, 5.74) is -0.175. The van der Waals surface area contributed by atoms with Crippen LogP contribution in [0, 0.1) is 0 Å². The van der Waals surface area contributed by atoms with E-state index in [1.807, 2.05) is 6.92 Å². The highest BCUT2D eigenvalue weighted by molar-refractivity contribution is 5.84. The first-order valence-electron chi connectivity index (χ1n) is 7.31. The van der Waals surface area contributed by atoms with Gasteiger partial charge in [-0.1, -0.05) is 44.0 Å². The van der Waals surface area contributed by atoms with Crippen LogP contribution in [0.25, 0.3) is 0 Å². The van der Waals surface area contributed by atoms with Gasteiger partial charge in [0.25, 0.3) is 0 Å². The molecule has 2 N–H and O–H groups in total. The molecule has 0 aromatic heterocycles. The number of carbonyl (C=O) groups excluding carboxylic acids is 1. The third kappa shape index (κ3) is 2.91. The van der Waals surface area contributed by atoms with E-state index in [4.69, 9.17) is 0 Å². The molecule has 2 rings (SSSR count). The summed E-state index contributed by atoms with van der Waals surface area (Å²) in [5.74, 6) is -1.02. The number of unbranched alkanes of at least 4 members (excludes halogenated alkanes) is 1. The van der Waals surface area contributed by atoms with Gasteiger partial charge in [-0.2, -0.15) is 0 Å². The predicted octanol–water partition coefficient (Wildman–Crippen LogP) is 2.32. The minimum Gasteiger partial charge on any atom is -0.549 e. The number of aromatic hydroxyl groups is 2. The van der Waals surface area contributed by atoms with Crippen LogP contribution in [0.1, 0.15) is 37.3 Å². The fourth-order valence-electron chi connectivity index (χ4n) is 2.73. The molecule has 0 heterocycles. The quantitative estimate of drug-likeness (QED) is 0.858. The van der Waals surface area contributed by atoms with E-state index >= 15 is 0 Å². The standard InChI is InChI=1S/C18H20O4/c1-2-3-12-18(17(21)22,13-4-8-15(19)9-5-13)14-6-10-16(20)11-7-14/h4-11,19-20H,2-3,12H2,1H3,(H,21,22)/p-1. The third-order valence-corrected chi connectivity index (χ3v) is 3.97. The molecule has 116 valence electrons. The van der Waals surface area contributed by atoms with E-state index in [1.165, 1.54) is 24.3 Å². The topological polar surface area (TPSA) is 80.6 Å². The monoisotopic (exact) mass is 299 g/mol. The maximum atomic E-state index is 12.1. The van der Waals surface area contributed by atoms with Gasteiger partial charge in [0.2, 0.25) is 0 Å². The number of carboxylic acid groups (broad SMARTS) is 1. The minimum atomic E-state index is -1.29. The zero-order chi connectivity index (χ0) is 16.2. The number of hydrogen-bond acceptors (Lipinski definition) is 4. The number of carboxylic acids is 1. The molecule has 0 saturated heterocycles. The highest BCUT2D eigenvalue weighted by Crippen LogP contribution is 2.38. The SMILES string of the molecule is CCCCC(C(=O)[O-])(c1ccc(O)cc1)c1ccc(O)cc1. The van der Waals surface area contributed by atoms with Gasteiger partial charge in [-0.25, -0.2) is 0 Å². The Bertz CT molecular complexity index is 584. The molecule has 0 aliphatic carbocycles. The summed E-state index contributed by atoms with van der Waals surface area (Å²) in [6.07, 6.45) is 1.96. The van der Waals surface area contributed by atoms with Gasteiger partial charge >= 0.3 is 0 Å². The number of phenols is 2. The van der Waals surface area contributed by atoms with Gasteiger partial charge in [0.15, 0.2) is 0 Å². The first-order valence-corrected chi connectivity index (χ1v) is 7.31. The van der Waals surface area contributed by atoms with E-state index < -0.39 is 11.4 Å². The van der Waals surface area contributed by atoms with Crippen molar-refractivity contribution in [1.29, 1.82) is 0 Å². The molecule has 0 aliphatic rings. The van der Waals surface area contributed by atoms with Gasteiger partial charge in [-0.15, -0.1) is 0 Å². The van der Waals surface area contributed by atoms with Crippen molar-refractivity contribution in [3.05, 3.63) is 59.7 Å². The fraction of sp³-hybridized carbons (Fsp3) is 0.278. The van der Waals surface area contributed by atoms with Crippen LogP contribution >= 0.6 is 0 Å². The van der Waals surface area contributed by atoms with Crippen molar-refractivity contribution in [1.82, 2.24) is 0 Å². The lowest BCUT2D eigenvalue weighted by molar-refractivity contribution is -0.312. The Balaban J connectivity index is 2.62. The second-order valence-corrected chi connectivity index (χ2v) is 5.39. The molecular formula is C18H19O4-. The van der Waals surface area contributed by atoms with Crippen molar-refractivity contribution in [2.45, 2.75) is 31.6 Å². The van der Waals surface area contributed by atoms with Crippen LogP contribution in [0.3, 0.4) is 0 Å². The van der Waals surface area contributed by atoms with Crippen LogP contribution in [0.5, 0.6) is 11.5 Å². The van der Waals surface area contributed by atoms with Gasteiger partial charge in [0.05, 0.1) is 11.4 Å². The Morgan fingerprint density at radius 3 is 1.68 bits per heavy atom. The lowest BCUT2D eigenvalue weighted by Gasteiger charge is -2.36. The average molecular weight is 299 g/mol. The maximum absolute atomic E-state index is 12.1. The molecule has 22 heavy (non-hydrogen) atoms. The summed E-state index contributed by atoms with van der Waals surface area (Å²) < 4.78 is 0. The summed E-state index contributed by atoms with van der Waals surface area (Å²) in [6.45, 7) is 1.99. The normalized spacial score (nSPS) is 11.3. The van der Waals surface area contributed by atoms with E-state index in [2.05, 4.69) is 0 Å². The second kappa shape index (κ2) is 6.52. The van der Waals surface area contributed by atoms with Crippen molar-refractivity contribution in [3.8, 4) is 11.5 Å². The Hall–Kier alpha value is -2.49. The molecule has 0 aliphatic heterocycles. The van der Waals surface area contributed by atoms with Crippen LogP contribution in [0.2, 0.25) is 0 Å². The molecule has 0 atom stereocenters. The van der Waals surface area contributed by atoms with Crippen molar-refractivity contribution in [3.63, 3.8) is 0 Å². The Morgan fingerprint density at radius 1 is 0.955 bits per heavy atom. The molecule has 2 aromatic carbocycles. The number of phenolic OH excluding ortho intramolecular Hbond substituents is 2. The minimum absolute atomic E-state index is 0.0807. The highest BCUT2D eigenvalue weighted by atomic mass is 16.4. The van der Waals surface area contributed by atoms with E-state index in [1.54, 1.807) is 24.3 Å². The van der Waals surface area contributed by atoms with Crippen molar-refractivity contribution in [2.24, 2.45) is 0 Å². The van der Waals surface area contributed by atoms with Crippen molar-refractivity contribution in [2.75, 3.05) is 0 Å². The molecule has 0 amide bonds. The molecule has 0 fully saturated rings. The molecule has 0 unspecified atom stereocenters. The lowest BCUT2D eigenvalue weighted by atomic mass is 9.71. The van der Waals surface area contributed by atoms with Crippen LogP contribution in [-0.2, 0) is 10.2 Å². The fourth-order valence-corrected chi connectivity index (χ4v) is 2.73. The molecule has 0 radical (unpaired) electrons. The second-order valence-electron chi connectivity index (χ2n) is 5.39. The van der Waals surface area contributed by atoms with E-state index in [9.17, 15) is 20.1 Å². The number of hydrogen-bond donors (Lipinski definition) is 2. The zero-order valence-corrected chi connectivity index (χ0v) is 12.5. The van der Waals surface area contributed by atoms with E-state index in [0.717, 1.165) is 12.8 Å². The number of carbonyl (C=O) groups is 1. The predicted molar refractivity (Wildman–Crippen MR) is 81.5 cm³/mol. The van der Waals surface area contributed by atoms with Crippen molar-refractivity contribution < 1.29 is 20.1 Å². The molecule has 0 saturated carbocycles. The Morgan fingerprint density at radius 2 is 1.36 bits per heavy atom. The lowest BCUT2D eigenvalue weighted by Crippen LogP contribution is -2.46. The van der Waals surface area contributed by atoms with Gasteiger partial charge in [0, 0.05) is 0 Å². The first-order chi connectivity index (χ1) is 10.5. The number of rotatable bonds is 6. The Kier molecular flexibility index (Phi) is 4.71. The van der Waals surface area contributed by atoms with Crippen molar-refractivity contribution >= 4 is 5.97 Å². The van der Waals surface area contributed by atoms with Crippen LogP contribution in [-0.4, -0.2) is 16.2 Å². The maximum Gasteiger partial charge on any atom is 0.115 e. The molecular weight excluding hydrogens is 280 g/mol. The number of benzene rings is 2. The molecule has 0 spiro atoms. The molecule has 2 aromatic rings.